The van der Waals surface area contributed by atoms with Crippen LogP contribution in [-0.4, -0.2) is 58.4 Å². The van der Waals surface area contributed by atoms with E-state index in [1.54, 1.807) is 10.7 Å². The van der Waals surface area contributed by atoms with Crippen LogP contribution in [0.1, 0.15) is 11.4 Å². The molecule has 0 radical (unpaired) electrons. The molecule has 3 rings (SSSR count). The molecule has 0 spiro atoms. The number of rotatable bonds is 4. The number of aryl methyl sites for hydroxylation is 2. The fourth-order valence-corrected chi connectivity index (χ4v) is 3.22. The zero-order valence-corrected chi connectivity index (χ0v) is 15.0. The molecule has 1 aliphatic rings. The van der Waals surface area contributed by atoms with Gasteiger partial charge in [-0.1, -0.05) is 12.1 Å². The Morgan fingerprint density at radius 2 is 1.88 bits per heavy atom. The maximum atomic E-state index is 12.4. The normalized spacial score (nSPS) is 15.4. The smallest absolute Gasteiger partial charge is 0.238 e. The van der Waals surface area contributed by atoms with Crippen LogP contribution in [0.5, 0.6) is 5.75 Å². The average Bonchev–Trinajstić information content (AvgIpc) is 2.82. The highest BCUT2D eigenvalue weighted by molar-refractivity contribution is 5.93. The number of carbonyl (C=O) groups is 1. The number of amides is 1. The van der Waals surface area contributed by atoms with Crippen molar-refractivity contribution in [2.45, 2.75) is 13.8 Å². The summed E-state index contributed by atoms with van der Waals surface area (Å²) in [6.45, 7) is 7.35. The lowest BCUT2D eigenvalue weighted by Crippen LogP contribution is -2.48. The van der Waals surface area contributed by atoms with Crippen molar-refractivity contribution < 1.29 is 9.90 Å². The third-order valence-electron chi connectivity index (χ3n) is 4.74. The molecule has 2 heterocycles. The number of phenolic OH excluding ortho intramolecular Hbond substituents is 1. The molecule has 25 heavy (non-hydrogen) atoms. The van der Waals surface area contributed by atoms with Crippen LogP contribution >= 0.6 is 0 Å². The summed E-state index contributed by atoms with van der Waals surface area (Å²) in [5.74, 6) is 0.284. The molecule has 1 saturated heterocycles. The van der Waals surface area contributed by atoms with E-state index >= 15 is 0 Å². The van der Waals surface area contributed by atoms with Crippen LogP contribution in [0, 0.1) is 13.8 Å². The van der Waals surface area contributed by atoms with Crippen molar-refractivity contribution in [2.75, 3.05) is 42.9 Å². The molecule has 2 N–H and O–H groups in total. The van der Waals surface area contributed by atoms with E-state index in [4.69, 9.17) is 0 Å². The molecule has 2 aromatic rings. The summed E-state index contributed by atoms with van der Waals surface area (Å²) in [6, 6.07) is 7.37. The molecule has 0 aliphatic carbocycles. The van der Waals surface area contributed by atoms with Gasteiger partial charge in [0.2, 0.25) is 5.91 Å². The average molecular weight is 343 g/mol. The van der Waals surface area contributed by atoms with E-state index in [0.29, 0.717) is 12.3 Å². The number of aromatic nitrogens is 2. The molecule has 7 nitrogen and oxygen atoms in total. The number of phenols is 1. The van der Waals surface area contributed by atoms with Gasteiger partial charge in [0.15, 0.2) is 0 Å². The monoisotopic (exact) mass is 343 g/mol. The predicted octanol–water partition coefficient (Wildman–Crippen LogP) is 1.50. The predicted molar refractivity (Wildman–Crippen MR) is 98.1 cm³/mol. The molecule has 0 unspecified atom stereocenters. The number of aromatic hydroxyl groups is 1. The number of anilines is 2. The van der Waals surface area contributed by atoms with E-state index in [0.717, 1.165) is 48.9 Å². The molecule has 0 saturated carbocycles. The van der Waals surface area contributed by atoms with E-state index in [-0.39, 0.29) is 5.91 Å². The van der Waals surface area contributed by atoms with Crippen molar-refractivity contribution >= 4 is 17.3 Å². The van der Waals surface area contributed by atoms with Crippen LogP contribution in [0.2, 0.25) is 0 Å². The summed E-state index contributed by atoms with van der Waals surface area (Å²) >= 11 is 0. The molecule has 134 valence electrons. The fourth-order valence-electron chi connectivity index (χ4n) is 3.22. The van der Waals surface area contributed by atoms with Gasteiger partial charge in [0.05, 0.1) is 29.3 Å². The lowest BCUT2D eigenvalue weighted by Gasteiger charge is -2.35. The highest BCUT2D eigenvalue weighted by Crippen LogP contribution is 2.27. The van der Waals surface area contributed by atoms with Crippen LogP contribution in [0.4, 0.5) is 11.4 Å². The van der Waals surface area contributed by atoms with E-state index in [1.165, 1.54) is 0 Å². The Morgan fingerprint density at radius 3 is 2.48 bits per heavy atom. The summed E-state index contributed by atoms with van der Waals surface area (Å²) in [5, 5.41) is 17.3. The second kappa shape index (κ2) is 7.14. The van der Waals surface area contributed by atoms with E-state index in [1.807, 2.05) is 39.1 Å². The van der Waals surface area contributed by atoms with Gasteiger partial charge in [0.25, 0.3) is 0 Å². The van der Waals surface area contributed by atoms with Gasteiger partial charge in [-0.05, 0) is 26.0 Å². The minimum Gasteiger partial charge on any atom is -0.506 e. The zero-order valence-electron chi connectivity index (χ0n) is 15.0. The second-order valence-corrected chi connectivity index (χ2v) is 6.47. The van der Waals surface area contributed by atoms with Crippen LogP contribution in [-0.2, 0) is 11.8 Å². The number of carbonyl (C=O) groups excluding carboxylic acids is 1. The summed E-state index contributed by atoms with van der Waals surface area (Å²) < 4.78 is 1.77. The van der Waals surface area contributed by atoms with Crippen LogP contribution in [0.25, 0.3) is 0 Å². The SMILES string of the molecule is Cc1nn(C)c(C)c1NC(=O)CN1CCN(c2ccccc2O)CC1. The van der Waals surface area contributed by atoms with Crippen molar-refractivity contribution in [3.8, 4) is 5.75 Å². The lowest BCUT2D eigenvalue weighted by atomic mass is 10.2. The summed E-state index contributed by atoms with van der Waals surface area (Å²) in [6.07, 6.45) is 0. The molecule has 0 bridgehead atoms. The number of hydrogen-bond acceptors (Lipinski definition) is 5. The Labute approximate surface area is 147 Å². The minimum absolute atomic E-state index is 0.0183. The molecule has 7 heteroatoms. The van der Waals surface area contributed by atoms with Gasteiger partial charge in [-0.3, -0.25) is 14.4 Å². The van der Waals surface area contributed by atoms with Gasteiger partial charge in [-0.15, -0.1) is 0 Å². The number of nitrogens with one attached hydrogen (secondary N) is 1. The quantitative estimate of drug-likeness (QED) is 0.880. The van der Waals surface area contributed by atoms with Crippen LogP contribution in [0.15, 0.2) is 24.3 Å². The molecule has 1 fully saturated rings. The van der Waals surface area contributed by atoms with Gasteiger partial charge in [0.1, 0.15) is 5.75 Å². The van der Waals surface area contributed by atoms with Crippen molar-refractivity contribution in [1.29, 1.82) is 0 Å². The third kappa shape index (κ3) is 3.76. The molecular weight excluding hydrogens is 318 g/mol. The van der Waals surface area contributed by atoms with Gasteiger partial charge in [-0.25, -0.2) is 0 Å². The van der Waals surface area contributed by atoms with Crippen molar-refractivity contribution in [3.05, 3.63) is 35.7 Å². The fraction of sp³-hybridized carbons (Fsp3) is 0.444. The maximum Gasteiger partial charge on any atom is 0.238 e. The number of nitrogens with zero attached hydrogens (tertiary/aromatic N) is 4. The first-order valence-corrected chi connectivity index (χ1v) is 8.51. The second-order valence-electron chi connectivity index (χ2n) is 6.47. The van der Waals surface area contributed by atoms with Gasteiger partial charge < -0.3 is 15.3 Å². The van der Waals surface area contributed by atoms with Crippen molar-refractivity contribution in [1.82, 2.24) is 14.7 Å². The standard InChI is InChI=1S/C18H25N5O2/c1-13-18(14(2)21(3)20-13)19-17(25)12-22-8-10-23(11-9-22)15-6-4-5-7-16(15)24/h4-7,24H,8-12H2,1-3H3,(H,19,25). The van der Waals surface area contributed by atoms with Crippen molar-refractivity contribution in [3.63, 3.8) is 0 Å². The first-order chi connectivity index (χ1) is 12.0. The number of para-hydroxylation sites is 2. The number of piperazine rings is 1. The minimum atomic E-state index is -0.0183. The molecule has 1 amide bonds. The molecule has 1 aromatic heterocycles. The molecular formula is C18H25N5O2. The molecule has 1 aromatic carbocycles. The van der Waals surface area contributed by atoms with Gasteiger partial charge in [0, 0.05) is 33.2 Å². The Balaban J connectivity index is 1.54. The summed E-state index contributed by atoms with van der Waals surface area (Å²) in [7, 11) is 1.87. The maximum absolute atomic E-state index is 12.4. The Kier molecular flexibility index (Phi) is 4.94. The summed E-state index contributed by atoms with van der Waals surface area (Å²) in [4.78, 5) is 16.6. The van der Waals surface area contributed by atoms with E-state index in [2.05, 4.69) is 20.2 Å². The molecule has 0 atom stereocenters. The largest absolute Gasteiger partial charge is 0.506 e. The number of benzene rings is 1. The zero-order chi connectivity index (χ0) is 18.0. The Morgan fingerprint density at radius 1 is 1.20 bits per heavy atom. The third-order valence-corrected chi connectivity index (χ3v) is 4.74. The van der Waals surface area contributed by atoms with Crippen molar-refractivity contribution in [2.24, 2.45) is 7.05 Å². The lowest BCUT2D eigenvalue weighted by molar-refractivity contribution is -0.117. The van der Waals surface area contributed by atoms with E-state index < -0.39 is 0 Å². The van der Waals surface area contributed by atoms with Crippen LogP contribution in [0.3, 0.4) is 0 Å². The highest BCUT2D eigenvalue weighted by atomic mass is 16.3. The first kappa shape index (κ1) is 17.3. The highest BCUT2D eigenvalue weighted by Gasteiger charge is 2.21. The summed E-state index contributed by atoms with van der Waals surface area (Å²) in [5.41, 5.74) is 3.45. The van der Waals surface area contributed by atoms with Gasteiger partial charge in [-0.2, -0.15) is 5.10 Å². The number of hydrogen-bond donors (Lipinski definition) is 2. The van der Waals surface area contributed by atoms with E-state index in [9.17, 15) is 9.90 Å². The van der Waals surface area contributed by atoms with Gasteiger partial charge >= 0.3 is 0 Å². The van der Waals surface area contributed by atoms with Crippen LogP contribution < -0.4 is 10.2 Å². The Hall–Kier alpha value is -2.54. The molecule has 1 aliphatic heterocycles. The Bertz CT molecular complexity index is 763. The topological polar surface area (TPSA) is 73.6 Å². The first-order valence-electron chi connectivity index (χ1n) is 8.51.